The molecule has 0 amide bonds. The number of H-pyrrole nitrogens is 1. The lowest BCUT2D eigenvalue weighted by molar-refractivity contribution is 0.261. The van der Waals surface area contributed by atoms with Crippen LogP contribution in [-0.2, 0) is 0 Å². The number of hydrogen-bond acceptors (Lipinski definition) is 3. The van der Waals surface area contributed by atoms with Crippen LogP contribution < -0.4 is 10.3 Å². The molecule has 0 spiro atoms. The molecule has 0 fully saturated rings. The van der Waals surface area contributed by atoms with Crippen LogP contribution in [0.2, 0.25) is 0 Å². The predicted molar refractivity (Wildman–Crippen MR) is 98.8 cm³/mol. The Morgan fingerprint density at radius 1 is 1.04 bits per heavy atom. The number of hydrogen-bond donors (Lipinski definition) is 1. The number of fused-ring (bicyclic) bond motifs is 1. The van der Waals surface area contributed by atoms with Gasteiger partial charge in [-0.15, -0.1) is 0 Å². The molecule has 1 aromatic heterocycles. The second-order valence-electron chi connectivity index (χ2n) is 6.21. The SMILES string of the molecule is Cc1ccccc1-c1c[nH]c(=O)c2cc(OCCN(C)C)ccc12. The van der Waals surface area contributed by atoms with Gasteiger partial charge in [-0.3, -0.25) is 4.79 Å². The van der Waals surface area contributed by atoms with E-state index < -0.39 is 0 Å². The topological polar surface area (TPSA) is 45.3 Å². The second kappa shape index (κ2) is 6.89. The summed E-state index contributed by atoms with van der Waals surface area (Å²) in [6.07, 6.45) is 1.79. The van der Waals surface area contributed by atoms with Crippen molar-refractivity contribution in [1.82, 2.24) is 9.88 Å². The molecule has 0 atom stereocenters. The fraction of sp³-hybridized carbons (Fsp3) is 0.250. The number of aromatic nitrogens is 1. The van der Waals surface area contributed by atoms with Crippen LogP contribution >= 0.6 is 0 Å². The molecule has 0 aliphatic rings. The average Bonchev–Trinajstić information content (AvgIpc) is 2.56. The van der Waals surface area contributed by atoms with Gasteiger partial charge in [-0.05, 0) is 55.7 Å². The van der Waals surface area contributed by atoms with Crippen LogP contribution in [0.3, 0.4) is 0 Å². The molecule has 3 aromatic rings. The standard InChI is InChI=1S/C20H22N2O2/c1-14-6-4-5-7-16(14)19-13-21-20(23)18-12-15(8-9-17(18)19)24-11-10-22(2)3/h4-9,12-13H,10-11H2,1-3H3,(H,21,23). The van der Waals surface area contributed by atoms with Crippen molar-refractivity contribution < 1.29 is 4.74 Å². The summed E-state index contributed by atoms with van der Waals surface area (Å²) in [5.41, 5.74) is 3.24. The summed E-state index contributed by atoms with van der Waals surface area (Å²) in [6, 6.07) is 13.9. The zero-order chi connectivity index (χ0) is 17.1. The molecule has 2 aromatic carbocycles. The first-order chi connectivity index (χ1) is 11.6. The minimum atomic E-state index is -0.0969. The maximum absolute atomic E-state index is 12.3. The van der Waals surface area contributed by atoms with Gasteiger partial charge >= 0.3 is 0 Å². The van der Waals surface area contributed by atoms with Crippen molar-refractivity contribution in [2.75, 3.05) is 27.2 Å². The number of pyridine rings is 1. The highest BCUT2D eigenvalue weighted by Crippen LogP contribution is 2.30. The summed E-state index contributed by atoms with van der Waals surface area (Å²) in [5, 5.41) is 1.59. The van der Waals surface area contributed by atoms with Crippen molar-refractivity contribution in [3.8, 4) is 16.9 Å². The maximum Gasteiger partial charge on any atom is 0.255 e. The lowest BCUT2D eigenvalue weighted by Crippen LogP contribution is -2.19. The first-order valence-electron chi connectivity index (χ1n) is 8.05. The van der Waals surface area contributed by atoms with Gasteiger partial charge in [0.25, 0.3) is 5.56 Å². The van der Waals surface area contributed by atoms with Crippen LogP contribution in [0.25, 0.3) is 21.9 Å². The summed E-state index contributed by atoms with van der Waals surface area (Å²) in [5.74, 6) is 0.719. The van der Waals surface area contributed by atoms with Crippen LogP contribution in [0.1, 0.15) is 5.56 Å². The van der Waals surface area contributed by atoms with Crippen LogP contribution in [0.4, 0.5) is 0 Å². The van der Waals surface area contributed by atoms with Crippen molar-refractivity contribution in [2.24, 2.45) is 0 Å². The molecule has 124 valence electrons. The van der Waals surface area contributed by atoms with Gasteiger partial charge < -0.3 is 14.6 Å². The van der Waals surface area contributed by atoms with Gasteiger partial charge in [0.15, 0.2) is 0 Å². The molecule has 0 saturated carbocycles. The first-order valence-corrected chi connectivity index (χ1v) is 8.05. The van der Waals surface area contributed by atoms with Crippen LogP contribution in [0.15, 0.2) is 53.5 Å². The number of benzene rings is 2. The van der Waals surface area contributed by atoms with Gasteiger partial charge in [0.05, 0.1) is 5.39 Å². The molecule has 3 rings (SSSR count). The van der Waals surface area contributed by atoms with Crippen molar-refractivity contribution >= 4 is 10.8 Å². The molecular weight excluding hydrogens is 300 g/mol. The second-order valence-corrected chi connectivity index (χ2v) is 6.21. The number of nitrogens with zero attached hydrogens (tertiary/aromatic N) is 1. The molecular formula is C20H22N2O2. The quantitative estimate of drug-likeness (QED) is 0.782. The van der Waals surface area contributed by atoms with E-state index in [1.165, 1.54) is 5.56 Å². The number of likely N-dealkylation sites (N-methyl/N-ethyl adjacent to an activating group) is 1. The fourth-order valence-corrected chi connectivity index (χ4v) is 2.77. The Morgan fingerprint density at radius 2 is 1.83 bits per heavy atom. The molecule has 0 radical (unpaired) electrons. The lowest BCUT2D eigenvalue weighted by atomic mass is 9.97. The monoisotopic (exact) mass is 322 g/mol. The Morgan fingerprint density at radius 3 is 2.58 bits per heavy atom. The van der Waals surface area contributed by atoms with Crippen molar-refractivity contribution in [2.45, 2.75) is 6.92 Å². The molecule has 1 heterocycles. The molecule has 0 unspecified atom stereocenters. The van der Waals surface area contributed by atoms with Gasteiger partial charge in [-0.2, -0.15) is 0 Å². The smallest absolute Gasteiger partial charge is 0.255 e. The average molecular weight is 322 g/mol. The minimum absolute atomic E-state index is 0.0969. The third kappa shape index (κ3) is 3.34. The summed E-state index contributed by atoms with van der Waals surface area (Å²) in [7, 11) is 4.01. The third-order valence-corrected chi connectivity index (χ3v) is 4.12. The Labute approximate surface area is 141 Å². The normalized spacial score (nSPS) is 11.2. The van der Waals surface area contributed by atoms with E-state index in [2.05, 4.69) is 28.9 Å². The zero-order valence-electron chi connectivity index (χ0n) is 14.3. The zero-order valence-corrected chi connectivity index (χ0v) is 14.3. The Bertz CT molecular complexity index is 913. The molecule has 0 aliphatic heterocycles. The molecule has 1 N–H and O–H groups in total. The van der Waals surface area contributed by atoms with Gasteiger partial charge in [0.1, 0.15) is 12.4 Å². The van der Waals surface area contributed by atoms with E-state index in [1.54, 1.807) is 6.20 Å². The summed E-state index contributed by atoms with van der Waals surface area (Å²) < 4.78 is 5.75. The number of aryl methyl sites for hydroxylation is 1. The highest BCUT2D eigenvalue weighted by Gasteiger charge is 2.10. The van der Waals surface area contributed by atoms with Gasteiger partial charge in [0.2, 0.25) is 0 Å². The van der Waals surface area contributed by atoms with Crippen molar-refractivity contribution in [3.05, 3.63) is 64.6 Å². The number of aromatic amines is 1. The highest BCUT2D eigenvalue weighted by molar-refractivity contribution is 5.96. The van der Waals surface area contributed by atoms with Crippen molar-refractivity contribution in [3.63, 3.8) is 0 Å². The van der Waals surface area contributed by atoms with Gasteiger partial charge in [-0.1, -0.05) is 24.3 Å². The molecule has 4 nitrogen and oxygen atoms in total. The molecule has 0 bridgehead atoms. The van der Waals surface area contributed by atoms with E-state index >= 15 is 0 Å². The molecule has 24 heavy (non-hydrogen) atoms. The largest absolute Gasteiger partial charge is 0.492 e. The molecule has 4 heteroatoms. The number of rotatable bonds is 5. The third-order valence-electron chi connectivity index (χ3n) is 4.12. The summed E-state index contributed by atoms with van der Waals surface area (Å²) in [4.78, 5) is 17.2. The summed E-state index contributed by atoms with van der Waals surface area (Å²) >= 11 is 0. The Kier molecular flexibility index (Phi) is 4.67. The molecule has 0 saturated heterocycles. The van der Waals surface area contributed by atoms with E-state index in [0.717, 1.165) is 28.8 Å². The van der Waals surface area contributed by atoms with Gasteiger partial charge in [-0.25, -0.2) is 0 Å². The minimum Gasteiger partial charge on any atom is -0.492 e. The summed E-state index contributed by atoms with van der Waals surface area (Å²) in [6.45, 7) is 3.50. The van der Waals surface area contributed by atoms with Crippen molar-refractivity contribution in [1.29, 1.82) is 0 Å². The maximum atomic E-state index is 12.3. The number of nitrogens with one attached hydrogen (secondary N) is 1. The highest BCUT2D eigenvalue weighted by atomic mass is 16.5. The van der Waals surface area contributed by atoms with Crippen LogP contribution in [0.5, 0.6) is 5.75 Å². The van der Waals surface area contributed by atoms with E-state index in [1.807, 2.05) is 44.4 Å². The molecule has 0 aliphatic carbocycles. The van der Waals surface area contributed by atoms with E-state index in [0.29, 0.717) is 12.0 Å². The number of ether oxygens (including phenoxy) is 1. The van der Waals surface area contributed by atoms with Gasteiger partial charge in [0, 0.05) is 18.3 Å². The Balaban J connectivity index is 2.04. The lowest BCUT2D eigenvalue weighted by Gasteiger charge is -2.13. The fourth-order valence-electron chi connectivity index (χ4n) is 2.77. The predicted octanol–water partition coefficient (Wildman–Crippen LogP) is 3.44. The first kappa shape index (κ1) is 16.3. The van der Waals surface area contributed by atoms with E-state index in [-0.39, 0.29) is 5.56 Å². The Hall–Kier alpha value is -2.59. The van der Waals surface area contributed by atoms with E-state index in [4.69, 9.17) is 4.74 Å². The van der Waals surface area contributed by atoms with Crippen LogP contribution in [0, 0.1) is 6.92 Å². The van der Waals surface area contributed by atoms with Crippen LogP contribution in [-0.4, -0.2) is 37.1 Å². The van der Waals surface area contributed by atoms with E-state index in [9.17, 15) is 4.79 Å².